The lowest BCUT2D eigenvalue weighted by Crippen LogP contribution is -2.70. The van der Waals surface area contributed by atoms with E-state index in [-0.39, 0.29) is 29.9 Å². The number of amides is 2. The number of sulfonamides is 1. The molecule has 1 heterocycles. The van der Waals surface area contributed by atoms with Crippen LogP contribution in [0.4, 0.5) is 5.69 Å². The van der Waals surface area contributed by atoms with E-state index < -0.39 is 21.5 Å². The van der Waals surface area contributed by atoms with Crippen LogP contribution in [0.25, 0.3) is 0 Å². The van der Waals surface area contributed by atoms with Crippen LogP contribution in [-0.2, 0) is 19.6 Å². The van der Waals surface area contributed by atoms with Crippen LogP contribution in [-0.4, -0.2) is 49.2 Å². The maximum absolute atomic E-state index is 13.7. The molecule has 0 spiro atoms. The fourth-order valence-corrected chi connectivity index (χ4v) is 6.34. The topological polar surface area (TPSA) is 86.8 Å². The molecule has 1 aliphatic heterocycles. The third-order valence-corrected chi connectivity index (χ3v) is 8.72. The molecule has 2 amide bonds. The first-order chi connectivity index (χ1) is 15.6. The Labute approximate surface area is 195 Å². The molecular formula is C25H31N3O4S. The highest BCUT2D eigenvalue weighted by Gasteiger charge is 2.51. The van der Waals surface area contributed by atoms with Gasteiger partial charge in [-0.25, -0.2) is 8.42 Å². The third kappa shape index (κ3) is 4.29. The molecule has 0 aromatic heterocycles. The molecule has 1 aliphatic carbocycles. The van der Waals surface area contributed by atoms with Crippen LogP contribution >= 0.6 is 0 Å². The number of carbonyl (C=O) groups is 2. The average Bonchev–Trinajstić information content (AvgIpc) is 3.30. The molecule has 1 saturated carbocycles. The number of aryl methyl sites for hydroxylation is 1. The van der Waals surface area contributed by atoms with Gasteiger partial charge < -0.3 is 5.32 Å². The highest BCUT2D eigenvalue weighted by molar-refractivity contribution is 7.89. The predicted octanol–water partition coefficient (Wildman–Crippen LogP) is 3.16. The Morgan fingerprint density at radius 3 is 2.36 bits per heavy atom. The molecule has 1 saturated heterocycles. The highest BCUT2D eigenvalue weighted by atomic mass is 32.2. The van der Waals surface area contributed by atoms with Crippen molar-refractivity contribution in [1.82, 2.24) is 9.62 Å². The first kappa shape index (κ1) is 23.4. The lowest BCUT2D eigenvalue weighted by atomic mass is 9.92. The Balaban J connectivity index is 1.77. The molecule has 2 aromatic rings. The summed E-state index contributed by atoms with van der Waals surface area (Å²) in [6.45, 7) is 5.10. The largest absolute Gasteiger partial charge is 0.351 e. The van der Waals surface area contributed by atoms with Crippen molar-refractivity contribution in [1.29, 1.82) is 0 Å². The number of rotatable bonds is 5. The maximum atomic E-state index is 13.7. The number of benzene rings is 2. The Morgan fingerprint density at radius 2 is 1.70 bits per heavy atom. The molecule has 8 heteroatoms. The second-order valence-corrected chi connectivity index (χ2v) is 11.2. The minimum absolute atomic E-state index is 0.0472. The Morgan fingerprint density at radius 1 is 1.03 bits per heavy atom. The molecule has 4 rings (SSSR count). The summed E-state index contributed by atoms with van der Waals surface area (Å²) in [5, 5.41) is 3.10. The molecule has 176 valence electrons. The van der Waals surface area contributed by atoms with Crippen LogP contribution in [0.15, 0.2) is 53.4 Å². The van der Waals surface area contributed by atoms with Crippen molar-refractivity contribution in [3.63, 3.8) is 0 Å². The SMILES string of the molecule is Cc1cccc(N2C(=O)CN(S(=O)(=O)c3ccccc3)C[C@@]2(C)C(=O)NC2CCCC2)c1C. The van der Waals surface area contributed by atoms with E-state index in [0.717, 1.165) is 41.1 Å². The molecule has 2 aromatic carbocycles. The summed E-state index contributed by atoms with van der Waals surface area (Å²) in [5.41, 5.74) is 1.14. The predicted molar refractivity (Wildman–Crippen MR) is 127 cm³/mol. The summed E-state index contributed by atoms with van der Waals surface area (Å²) < 4.78 is 27.9. The van der Waals surface area contributed by atoms with Gasteiger partial charge in [-0.15, -0.1) is 0 Å². The molecule has 2 aliphatic rings. The molecule has 33 heavy (non-hydrogen) atoms. The van der Waals surface area contributed by atoms with Gasteiger partial charge >= 0.3 is 0 Å². The first-order valence-electron chi connectivity index (χ1n) is 11.4. The Bertz CT molecular complexity index is 1160. The van der Waals surface area contributed by atoms with Crippen molar-refractivity contribution in [3.05, 3.63) is 59.7 Å². The third-order valence-electron chi connectivity index (χ3n) is 6.92. The van der Waals surface area contributed by atoms with E-state index in [2.05, 4.69) is 5.32 Å². The van der Waals surface area contributed by atoms with E-state index in [1.54, 1.807) is 25.1 Å². The minimum Gasteiger partial charge on any atom is -0.351 e. The van der Waals surface area contributed by atoms with Gasteiger partial charge in [-0.3, -0.25) is 14.5 Å². The van der Waals surface area contributed by atoms with E-state index in [1.165, 1.54) is 17.0 Å². The highest BCUT2D eigenvalue weighted by Crippen LogP contribution is 2.35. The number of nitrogens with zero attached hydrogens (tertiary/aromatic N) is 2. The van der Waals surface area contributed by atoms with Crippen LogP contribution in [0.3, 0.4) is 0 Å². The van der Waals surface area contributed by atoms with Crippen molar-refractivity contribution >= 4 is 27.5 Å². The lowest BCUT2D eigenvalue weighted by molar-refractivity contribution is -0.133. The van der Waals surface area contributed by atoms with Crippen LogP contribution in [0.1, 0.15) is 43.7 Å². The summed E-state index contributed by atoms with van der Waals surface area (Å²) in [7, 11) is -3.94. The van der Waals surface area contributed by atoms with Gasteiger partial charge in [0.2, 0.25) is 21.8 Å². The fraction of sp³-hybridized carbons (Fsp3) is 0.440. The molecule has 2 fully saturated rings. The number of carbonyl (C=O) groups excluding carboxylic acids is 2. The Hall–Kier alpha value is -2.71. The average molecular weight is 470 g/mol. The lowest BCUT2D eigenvalue weighted by Gasteiger charge is -2.47. The van der Waals surface area contributed by atoms with Gasteiger partial charge in [-0.05, 0) is 62.9 Å². The van der Waals surface area contributed by atoms with E-state index in [9.17, 15) is 18.0 Å². The number of hydrogen-bond donors (Lipinski definition) is 1. The second kappa shape index (κ2) is 8.91. The van der Waals surface area contributed by atoms with Gasteiger partial charge in [-0.2, -0.15) is 4.31 Å². The standard InChI is InChI=1S/C25H31N3O4S/c1-18-10-9-15-22(19(18)2)28-23(29)16-27(33(31,32)21-13-5-4-6-14-21)17-25(28,3)24(30)26-20-11-7-8-12-20/h4-6,9-10,13-15,20H,7-8,11-12,16-17H2,1-3H3,(H,26,30)/t25-/m0/s1. The number of nitrogens with one attached hydrogen (secondary N) is 1. The van der Waals surface area contributed by atoms with E-state index in [4.69, 9.17) is 0 Å². The van der Waals surface area contributed by atoms with Gasteiger partial charge in [0.25, 0.3) is 0 Å². The smallest absolute Gasteiger partial charge is 0.247 e. The van der Waals surface area contributed by atoms with Crippen LogP contribution in [0, 0.1) is 13.8 Å². The van der Waals surface area contributed by atoms with Crippen LogP contribution in [0.5, 0.6) is 0 Å². The molecule has 0 bridgehead atoms. The van der Waals surface area contributed by atoms with Crippen molar-refractivity contribution < 1.29 is 18.0 Å². The van der Waals surface area contributed by atoms with Crippen molar-refractivity contribution in [2.45, 2.75) is 62.9 Å². The molecular weight excluding hydrogens is 438 g/mol. The zero-order valence-electron chi connectivity index (χ0n) is 19.4. The summed E-state index contributed by atoms with van der Waals surface area (Å²) in [5.74, 6) is -0.741. The summed E-state index contributed by atoms with van der Waals surface area (Å²) in [4.78, 5) is 28.8. The first-order valence-corrected chi connectivity index (χ1v) is 12.8. The summed E-state index contributed by atoms with van der Waals surface area (Å²) in [6.07, 6.45) is 3.89. The second-order valence-electron chi connectivity index (χ2n) is 9.26. The van der Waals surface area contributed by atoms with Gasteiger partial charge in [0, 0.05) is 18.3 Å². The summed E-state index contributed by atoms with van der Waals surface area (Å²) in [6, 6.07) is 13.7. The van der Waals surface area contributed by atoms with E-state index >= 15 is 0 Å². The Kier molecular flexibility index (Phi) is 6.33. The van der Waals surface area contributed by atoms with Crippen LogP contribution < -0.4 is 10.2 Å². The maximum Gasteiger partial charge on any atom is 0.247 e. The number of hydrogen-bond acceptors (Lipinski definition) is 4. The number of piperazine rings is 1. The van der Waals surface area contributed by atoms with Gasteiger partial charge in [0.05, 0.1) is 11.4 Å². The van der Waals surface area contributed by atoms with E-state index in [1.807, 2.05) is 32.0 Å². The van der Waals surface area contributed by atoms with Gasteiger partial charge in [0.15, 0.2) is 0 Å². The van der Waals surface area contributed by atoms with Crippen molar-refractivity contribution in [2.75, 3.05) is 18.0 Å². The summed E-state index contributed by atoms with van der Waals surface area (Å²) >= 11 is 0. The number of anilines is 1. The molecule has 1 N–H and O–H groups in total. The fourth-order valence-electron chi connectivity index (χ4n) is 4.84. The monoisotopic (exact) mass is 469 g/mol. The normalized spacial score (nSPS) is 22.5. The van der Waals surface area contributed by atoms with Crippen LogP contribution in [0.2, 0.25) is 0 Å². The molecule has 0 radical (unpaired) electrons. The van der Waals surface area contributed by atoms with Gasteiger partial charge in [0.1, 0.15) is 5.54 Å². The molecule has 7 nitrogen and oxygen atoms in total. The van der Waals surface area contributed by atoms with Crippen molar-refractivity contribution in [2.24, 2.45) is 0 Å². The quantitative estimate of drug-likeness (QED) is 0.729. The van der Waals surface area contributed by atoms with Gasteiger partial charge in [-0.1, -0.05) is 43.2 Å². The molecule has 0 unspecified atom stereocenters. The van der Waals surface area contributed by atoms with E-state index in [0.29, 0.717) is 5.69 Å². The molecule has 1 atom stereocenters. The minimum atomic E-state index is -3.94. The zero-order valence-corrected chi connectivity index (χ0v) is 20.2. The zero-order chi connectivity index (χ0) is 23.8. The van der Waals surface area contributed by atoms with Crippen molar-refractivity contribution in [3.8, 4) is 0 Å².